The Morgan fingerprint density at radius 3 is 3.00 bits per heavy atom. The minimum absolute atomic E-state index is 0.0609. The first-order chi connectivity index (χ1) is 8.81. The van der Waals surface area contributed by atoms with E-state index in [0.29, 0.717) is 24.5 Å². The predicted molar refractivity (Wildman–Crippen MR) is 66.3 cm³/mol. The van der Waals surface area contributed by atoms with Crippen LogP contribution in [0.25, 0.3) is 5.69 Å². The molecule has 1 N–H and O–H groups in total. The van der Waals surface area contributed by atoms with Crippen molar-refractivity contribution in [1.82, 2.24) is 9.78 Å². The van der Waals surface area contributed by atoms with E-state index < -0.39 is 0 Å². The maximum atomic E-state index is 12.3. The Morgan fingerprint density at radius 2 is 2.22 bits per heavy atom. The number of aromatic nitrogens is 2. The molecule has 0 fully saturated rings. The summed E-state index contributed by atoms with van der Waals surface area (Å²) in [5, 5.41) is 3.14. The van der Waals surface area contributed by atoms with E-state index >= 15 is 0 Å². The van der Waals surface area contributed by atoms with Crippen LogP contribution in [0, 0.1) is 0 Å². The van der Waals surface area contributed by atoms with Gasteiger partial charge in [-0.1, -0.05) is 12.1 Å². The highest BCUT2D eigenvalue weighted by atomic mass is 16.5. The molecule has 0 unspecified atom stereocenters. The Bertz CT molecular complexity index is 627. The Balaban J connectivity index is 2.18. The molecule has 0 bridgehead atoms. The molecule has 3 rings (SSSR count). The first-order valence-corrected chi connectivity index (χ1v) is 5.85. The van der Waals surface area contributed by atoms with Crippen LogP contribution >= 0.6 is 0 Å². The van der Waals surface area contributed by atoms with Gasteiger partial charge >= 0.3 is 0 Å². The zero-order valence-corrected chi connectivity index (χ0v) is 10.1. The van der Waals surface area contributed by atoms with Crippen LogP contribution in [0.1, 0.15) is 11.3 Å². The van der Waals surface area contributed by atoms with E-state index in [1.807, 2.05) is 24.3 Å². The number of benzene rings is 1. The third kappa shape index (κ3) is 1.64. The van der Waals surface area contributed by atoms with Crippen molar-refractivity contribution in [3.63, 3.8) is 0 Å². The van der Waals surface area contributed by atoms with Gasteiger partial charge in [-0.15, -0.1) is 0 Å². The Labute approximate surface area is 104 Å². The summed E-state index contributed by atoms with van der Waals surface area (Å²) in [5.41, 5.74) is 2.33. The van der Waals surface area contributed by atoms with E-state index in [2.05, 4.69) is 5.10 Å². The fourth-order valence-corrected chi connectivity index (χ4v) is 2.21. The number of hydrogen-bond donors (Lipinski definition) is 1. The Kier molecular flexibility index (Phi) is 2.68. The van der Waals surface area contributed by atoms with Gasteiger partial charge in [0, 0.05) is 12.1 Å². The van der Waals surface area contributed by atoms with Crippen LogP contribution < -0.4 is 10.3 Å². The second-order valence-electron chi connectivity index (χ2n) is 4.18. The average Bonchev–Trinajstić information content (AvgIpc) is 2.76. The molecule has 18 heavy (non-hydrogen) atoms. The van der Waals surface area contributed by atoms with E-state index in [-0.39, 0.29) is 5.56 Å². The Hall–Kier alpha value is -2.01. The van der Waals surface area contributed by atoms with Crippen LogP contribution in [-0.4, -0.2) is 23.5 Å². The van der Waals surface area contributed by atoms with Crippen molar-refractivity contribution >= 4 is 0 Å². The third-order valence-corrected chi connectivity index (χ3v) is 3.14. The molecule has 94 valence electrons. The van der Waals surface area contributed by atoms with Gasteiger partial charge in [-0.2, -0.15) is 0 Å². The number of nitrogens with zero attached hydrogens (tertiary/aromatic N) is 1. The summed E-state index contributed by atoms with van der Waals surface area (Å²) in [5.74, 6) is 0.666. The van der Waals surface area contributed by atoms with E-state index in [9.17, 15) is 4.79 Å². The number of rotatable bonds is 2. The lowest BCUT2D eigenvalue weighted by Crippen LogP contribution is -2.19. The normalized spacial score (nSPS) is 14.3. The number of hydrogen-bond acceptors (Lipinski definition) is 3. The van der Waals surface area contributed by atoms with Gasteiger partial charge in [0.25, 0.3) is 5.56 Å². The maximum Gasteiger partial charge on any atom is 0.277 e. The van der Waals surface area contributed by atoms with Crippen LogP contribution in [0.3, 0.4) is 0 Å². The molecule has 2 aromatic rings. The molecule has 0 radical (unpaired) electrons. The van der Waals surface area contributed by atoms with Crippen molar-refractivity contribution in [2.45, 2.75) is 13.0 Å². The lowest BCUT2D eigenvalue weighted by molar-refractivity contribution is 0.109. The van der Waals surface area contributed by atoms with E-state index in [1.54, 1.807) is 7.11 Å². The molecule has 0 saturated carbocycles. The number of methoxy groups -OCH3 is 1. The molecule has 1 aromatic carbocycles. The zero-order valence-electron chi connectivity index (χ0n) is 10.1. The van der Waals surface area contributed by atoms with Gasteiger partial charge in [0.05, 0.1) is 25.9 Å². The third-order valence-electron chi connectivity index (χ3n) is 3.14. The van der Waals surface area contributed by atoms with Gasteiger partial charge in [0.15, 0.2) is 0 Å². The molecule has 0 saturated heterocycles. The highest BCUT2D eigenvalue weighted by Crippen LogP contribution is 2.21. The molecule has 1 aromatic heterocycles. The molecule has 5 nitrogen and oxygen atoms in total. The van der Waals surface area contributed by atoms with Gasteiger partial charge in [0.2, 0.25) is 0 Å². The fourth-order valence-electron chi connectivity index (χ4n) is 2.21. The van der Waals surface area contributed by atoms with E-state index in [1.165, 1.54) is 4.68 Å². The van der Waals surface area contributed by atoms with Crippen molar-refractivity contribution in [3.05, 3.63) is 45.9 Å². The van der Waals surface area contributed by atoms with Crippen molar-refractivity contribution < 1.29 is 9.47 Å². The predicted octanol–water partition coefficient (Wildman–Crippen LogP) is 1.25. The summed E-state index contributed by atoms with van der Waals surface area (Å²) >= 11 is 0. The highest BCUT2D eigenvalue weighted by Gasteiger charge is 2.19. The quantitative estimate of drug-likeness (QED) is 0.867. The smallest absolute Gasteiger partial charge is 0.277 e. The highest BCUT2D eigenvalue weighted by molar-refractivity contribution is 5.46. The van der Waals surface area contributed by atoms with E-state index in [0.717, 1.165) is 17.8 Å². The molecule has 0 atom stereocenters. The summed E-state index contributed by atoms with van der Waals surface area (Å²) in [4.78, 5) is 12.3. The second kappa shape index (κ2) is 4.34. The SMILES string of the molecule is COc1ccccc1-n1[nH]c2c(c1=O)COCC2. The number of nitrogens with one attached hydrogen (secondary N) is 1. The number of para-hydroxylation sites is 2. The standard InChI is InChI=1S/C13H14N2O3/c1-17-12-5-3-2-4-11(12)15-13(16)9-8-18-7-6-10(9)14-15/h2-5,14H,6-8H2,1H3. The second-order valence-corrected chi connectivity index (χ2v) is 4.18. The molecular weight excluding hydrogens is 232 g/mol. The van der Waals surface area contributed by atoms with Crippen molar-refractivity contribution in [1.29, 1.82) is 0 Å². The summed E-state index contributed by atoms with van der Waals surface area (Å²) in [6.07, 6.45) is 0.743. The average molecular weight is 246 g/mol. The molecule has 0 spiro atoms. The minimum atomic E-state index is -0.0609. The molecule has 1 aliphatic heterocycles. The summed E-state index contributed by atoms with van der Waals surface area (Å²) in [7, 11) is 1.59. The number of aromatic amines is 1. The van der Waals surface area contributed by atoms with E-state index in [4.69, 9.17) is 9.47 Å². The fraction of sp³-hybridized carbons (Fsp3) is 0.308. The maximum absolute atomic E-state index is 12.3. The lowest BCUT2D eigenvalue weighted by atomic mass is 10.2. The van der Waals surface area contributed by atoms with Gasteiger partial charge < -0.3 is 9.47 Å². The van der Waals surface area contributed by atoms with Crippen molar-refractivity contribution in [2.24, 2.45) is 0 Å². The molecule has 5 heteroatoms. The molecule has 0 amide bonds. The summed E-state index contributed by atoms with van der Waals surface area (Å²) in [6, 6.07) is 7.43. The van der Waals surface area contributed by atoms with Gasteiger partial charge in [-0.05, 0) is 12.1 Å². The Morgan fingerprint density at radius 1 is 1.39 bits per heavy atom. The van der Waals surface area contributed by atoms with Crippen LogP contribution in [0.4, 0.5) is 0 Å². The van der Waals surface area contributed by atoms with Crippen molar-refractivity contribution in [3.8, 4) is 11.4 Å². The summed E-state index contributed by atoms with van der Waals surface area (Å²) in [6.45, 7) is 1.03. The molecule has 1 aliphatic rings. The van der Waals surface area contributed by atoms with Gasteiger partial charge in [-0.3, -0.25) is 9.89 Å². The van der Waals surface area contributed by atoms with Gasteiger partial charge in [-0.25, -0.2) is 4.68 Å². The first kappa shape index (κ1) is 11.1. The molecular formula is C13H14N2O3. The number of fused-ring (bicyclic) bond motifs is 1. The molecule has 0 aliphatic carbocycles. The first-order valence-electron chi connectivity index (χ1n) is 5.85. The zero-order chi connectivity index (χ0) is 12.5. The van der Waals surface area contributed by atoms with Crippen LogP contribution in [-0.2, 0) is 17.8 Å². The largest absolute Gasteiger partial charge is 0.494 e. The van der Waals surface area contributed by atoms with Crippen LogP contribution in [0.5, 0.6) is 5.75 Å². The number of H-pyrrole nitrogens is 1. The minimum Gasteiger partial charge on any atom is -0.494 e. The number of ether oxygens (including phenoxy) is 2. The van der Waals surface area contributed by atoms with Crippen molar-refractivity contribution in [2.75, 3.05) is 13.7 Å². The lowest BCUT2D eigenvalue weighted by Gasteiger charge is -2.09. The molecule has 2 heterocycles. The monoisotopic (exact) mass is 246 g/mol. The topological polar surface area (TPSA) is 56.2 Å². The van der Waals surface area contributed by atoms with Crippen LogP contribution in [0.2, 0.25) is 0 Å². The van der Waals surface area contributed by atoms with Gasteiger partial charge in [0.1, 0.15) is 11.4 Å². The van der Waals surface area contributed by atoms with Crippen LogP contribution in [0.15, 0.2) is 29.1 Å². The summed E-state index contributed by atoms with van der Waals surface area (Å²) < 4.78 is 12.1.